The third-order valence-electron chi connectivity index (χ3n) is 3.10. The monoisotopic (exact) mass is 294 g/mol. The quantitative estimate of drug-likeness (QED) is 0.867. The van der Waals surface area contributed by atoms with Crippen LogP contribution in [0.5, 0.6) is 0 Å². The van der Waals surface area contributed by atoms with Crippen LogP contribution in [0.2, 0.25) is 5.02 Å². The number of hydrogen-bond acceptors (Lipinski definition) is 3. The second-order valence-corrected chi connectivity index (χ2v) is 6.27. The number of benzene rings is 1. The largest absolute Gasteiger partial charge is 0.313 e. The number of nitrogens with one attached hydrogen (secondary N) is 1. The van der Waals surface area contributed by atoms with Crippen LogP contribution in [0.4, 0.5) is 0 Å². The molecule has 1 heterocycles. The molecule has 2 nitrogen and oxygen atoms in total. The zero-order chi connectivity index (χ0) is 13.7. The minimum Gasteiger partial charge on any atom is -0.313 e. The van der Waals surface area contributed by atoms with Gasteiger partial charge in [-0.25, -0.2) is 4.98 Å². The third kappa shape index (κ3) is 4.60. The molecule has 0 saturated carbocycles. The van der Waals surface area contributed by atoms with E-state index in [-0.39, 0.29) is 0 Å². The third-order valence-corrected chi connectivity index (χ3v) is 4.36. The Bertz CT molecular complexity index is 481. The van der Waals surface area contributed by atoms with Gasteiger partial charge >= 0.3 is 0 Å². The van der Waals surface area contributed by atoms with Gasteiger partial charge in [0.2, 0.25) is 0 Å². The van der Waals surface area contributed by atoms with Gasteiger partial charge in [0.15, 0.2) is 0 Å². The predicted octanol–water partition coefficient (Wildman–Crippen LogP) is 4.12. The van der Waals surface area contributed by atoms with Gasteiger partial charge in [-0.05, 0) is 31.0 Å². The van der Waals surface area contributed by atoms with E-state index in [4.69, 9.17) is 11.6 Å². The van der Waals surface area contributed by atoms with Gasteiger partial charge in [0.05, 0.1) is 5.01 Å². The van der Waals surface area contributed by atoms with E-state index in [0.29, 0.717) is 12.0 Å². The Hall–Kier alpha value is -0.900. The molecule has 0 saturated heterocycles. The van der Waals surface area contributed by atoms with E-state index in [1.165, 1.54) is 10.6 Å². The summed E-state index contributed by atoms with van der Waals surface area (Å²) in [5.41, 5.74) is 1.31. The van der Waals surface area contributed by atoms with Crippen molar-refractivity contribution in [1.29, 1.82) is 0 Å². The lowest BCUT2D eigenvalue weighted by Gasteiger charge is -2.16. The Labute approximate surface area is 123 Å². The first-order chi connectivity index (χ1) is 9.15. The molecule has 1 aromatic heterocycles. The lowest BCUT2D eigenvalue weighted by Crippen LogP contribution is -2.31. The summed E-state index contributed by atoms with van der Waals surface area (Å²) < 4.78 is 0. The molecular formula is C15H19ClN2S. The van der Waals surface area contributed by atoms with Gasteiger partial charge in [-0.3, -0.25) is 0 Å². The van der Waals surface area contributed by atoms with E-state index in [1.807, 2.05) is 23.7 Å². The average molecular weight is 295 g/mol. The molecule has 2 rings (SSSR count). The molecule has 0 spiro atoms. The summed E-state index contributed by atoms with van der Waals surface area (Å²) in [7, 11) is 0. The second kappa shape index (κ2) is 7.04. The van der Waals surface area contributed by atoms with Gasteiger partial charge in [-0.1, -0.05) is 30.7 Å². The molecule has 102 valence electrons. The van der Waals surface area contributed by atoms with Gasteiger partial charge in [0.1, 0.15) is 0 Å². The van der Waals surface area contributed by atoms with Crippen LogP contribution < -0.4 is 5.32 Å². The van der Waals surface area contributed by atoms with Crippen molar-refractivity contribution >= 4 is 22.9 Å². The van der Waals surface area contributed by atoms with E-state index in [9.17, 15) is 0 Å². The first-order valence-corrected chi connectivity index (χ1v) is 7.78. The number of rotatable bonds is 6. The molecule has 1 N–H and O–H groups in total. The molecule has 1 aromatic carbocycles. The number of thiazole rings is 1. The molecule has 2 aromatic rings. The molecule has 4 heteroatoms. The summed E-state index contributed by atoms with van der Waals surface area (Å²) in [5.74, 6) is 0.465. The lowest BCUT2D eigenvalue weighted by molar-refractivity contribution is 0.516. The summed E-state index contributed by atoms with van der Waals surface area (Å²) in [4.78, 5) is 4.35. The van der Waals surface area contributed by atoms with Gasteiger partial charge in [0.25, 0.3) is 0 Å². The molecule has 2 atom stereocenters. The fourth-order valence-electron chi connectivity index (χ4n) is 1.99. The van der Waals surface area contributed by atoms with Crippen molar-refractivity contribution in [2.24, 2.45) is 0 Å². The van der Waals surface area contributed by atoms with Crippen LogP contribution in [0.25, 0.3) is 0 Å². The van der Waals surface area contributed by atoms with Crippen molar-refractivity contribution in [2.75, 3.05) is 6.54 Å². The smallest absolute Gasteiger partial charge is 0.0965 e. The van der Waals surface area contributed by atoms with E-state index >= 15 is 0 Å². The van der Waals surface area contributed by atoms with Gasteiger partial charge in [-0.2, -0.15) is 0 Å². The molecule has 2 unspecified atom stereocenters. The molecule has 19 heavy (non-hydrogen) atoms. The summed E-state index contributed by atoms with van der Waals surface area (Å²) in [6, 6.07) is 8.52. The van der Waals surface area contributed by atoms with Crippen molar-refractivity contribution in [2.45, 2.75) is 32.2 Å². The van der Waals surface area contributed by atoms with Gasteiger partial charge in [-0.15, -0.1) is 11.3 Å². The molecule has 0 aliphatic rings. The van der Waals surface area contributed by atoms with Crippen molar-refractivity contribution < 1.29 is 0 Å². The maximum absolute atomic E-state index is 5.89. The minimum atomic E-state index is 0.448. The first-order valence-electron chi connectivity index (χ1n) is 6.52. The van der Waals surface area contributed by atoms with Gasteiger partial charge < -0.3 is 5.32 Å². The van der Waals surface area contributed by atoms with E-state index in [2.05, 4.69) is 36.3 Å². The fourth-order valence-corrected chi connectivity index (χ4v) is 2.81. The Morgan fingerprint density at radius 2 is 2.00 bits per heavy atom. The topological polar surface area (TPSA) is 24.9 Å². The summed E-state index contributed by atoms with van der Waals surface area (Å²) >= 11 is 7.61. The lowest BCUT2D eigenvalue weighted by atomic mass is 10.1. The summed E-state index contributed by atoms with van der Waals surface area (Å²) in [6.07, 6.45) is 2.88. The number of nitrogens with zero attached hydrogens (tertiary/aromatic N) is 1. The Morgan fingerprint density at radius 3 is 2.63 bits per heavy atom. The minimum absolute atomic E-state index is 0.448. The van der Waals surface area contributed by atoms with Crippen LogP contribution in [-0.2, 0) is 6.42 Å². The highest BCUT2D eigenvalue weighted by molar-refractivity contribution is 7.09. The molecular weight excluding hydrogens is 276 g/mol. The zero-order valence-electron chi connectivity index (χ0n) is 11.3. The number of halogens is 1. The summed E-state index contributed by atoms with van der Waals surface area (Å²) in [6.45, 7) is 5.38. The van der Waals surface area contributed by atoms with E-state index in [0.717, 1.165) is 18.0 Å². The molecule has 0 amide bonds. The van der Waals surface area contributed by atoms with Crippen molar-refractivity contribution in [3.05, 3.63) is 51.4 Å². The average Bonchev–Trinajstić information content (AvgIpc) is 2.93. The Balaban J connectivity index is 1.78. The van der Waals surface area contributed by atoms with Crippen LogP contribution in [0.3, 0.4) is 0 Å². The van der Waals surface area contributed by atoms with Crippen molar-refractivity contribution in [3.63, 3.8) is 0 Å². The summed E-state index contributed by atoms with van der Waals surface area (Å²) in [5, 5.41) is 7.59. The highest BCUT2D eigenvalue weighted by Crippen LogP contribution is 2.17. The maximum Gasteiger partial charge on any atom is 0.0965 e. The van der Waals surface area contributed by atoms with Crippen LogP contribution in [-0.4, -0.2) is 17.6 Å². The Morgan fingerprint density at radius 1 is 1.26 bits per heavy atom. The highest BCUT2D eigenvalue weighted by atomic mass is 35.5. The SMILES string of the molecule is CC(Cc1ccc(Cl)cc1)NCC(C)c1nccs1. The molecule has 0 bridgehead atoms. The maximum atomic E-state index is 5.89. The van der Waals surface area contributed by atoms with Crippen LogP contribution in [0, 0.1) is 0 Å². The van der Waals surface area contributed by atoms with Crippen molar-refractivity contribution in [1.82, 2.24) is 10.3 Å². The second-order valence-electron chi connectivity index (χ2n) is 4.91. The van der Waals surface area contributed by atoms with Crippen LogP contribution in [0.15, 0.2) is 35.8 Å². The standard InChI is InChI=1S/C15H19ClN2S/c1-11(15-17-7-8-19-15)10-18-12(2)9-13-3-5-14(16)6-4-13/h3-8,11-12,18H,9-10H2,1-2H3. The normalized spacial score (nSPS) is 14.3. The predicted molar refractivity (Wildman–Crippen MR) is 83.1 cm³/mol. The van der Waals surface area contributed by atoms with E-state index in [1.54, 1.807) is 11.3 Å². The first kappa shape index (κ1) is 14.5. The molecule has 0 aliphatic heterocycles. The number of hydrogen-bond donors (Lipinski definition) is 1. The molecule has 0 aliphatic carbocycles. The molecule has 0 radical (unpaired) electrons. The van der Waals surface area contributed by atoms with Gasteiger partial charge in [0, 0.05) is 35.1 Å². The fraction of sp³-hybridized carbons (Fsp3) is 0.400. The number of aromatic nitrogens is 1. The van der Waals surface area contributed by atoms with Crippen LogP contribution in [0.1, 0.15) is 30.3 Å². The van der Waals surface area contributed by atoms with E-state index < -0.39 is 0 Å². The highest BCUT2D eigenvalue weighted by Gasteiger charge is 2.10. The zero-order valence-corrected chi connectivity index (χ0v) is 12.8. The van der Waals surface area contributed by atoms with Crippen LogP contribution >= 0.6 is 22.9 Å². The Kier molecular flexibility index (Phi) is 5.37. The van der Waals surface area contributed by atoms with Crippen molar-refractivity contribution in [3.8, 4) is 0 Å². The molecule has 0 fully saturated rings.